The normalized spacial score (nSPS) is 21.1. The first kappa shape index (κ1) is 10.4. The number of hydrogen-bond acceptors (Lipinski definition) is 3. The second kappa shape index (κ2) is 4.16. The van der Waals surface area contributed by atoms with Crippen LogP contribution in [0.3, 0.4) is 0 Å². The summed E-state index contributed by atoms with van der Waals surface area (Å²) >= 11 is 5.91. The van der Waals surface area contributed by atoms with Crippen LogP contribution in [-0.4, -0.2) is 22.8 Å². The number of halogens is 1. The highest BCUT2D eigenvalue weighted by Gasteiger charge is 2.29. The zero-order chi connectivity index (χ0) is 10.8. The van der Waals surface area contributed by atoms with E-state index >= 15 is 0 Å². The molecule has 0 saturated carbocycles. The minimum atomic E-state index is -0.110. The molecule has 1 fully saturated rings. The molecule has 0 radical (unpaired) electrons. The highest BCUT2D eigenvalue weighted by molar-refractivity contribution is 6.24. The molecule has 5 heteroatoms. The topological polar surface area (TPSA) is 59.2 Å². The van der Waals surface area contributed by atoms with Crippen molar-refractivity contribution in [3.63, 3.8) is 0 Å². The number of rotatable bonds is 2. The Morgan fingerprint density at radius 3 is 3.07 bits per heavy atom. The van der Waals surface area contributed by atoms with Gasteiger partial charge in [-0.25, -0.2) is 4.98 Å². The van der Waals surface area contributed by atoms with Crippen molar-refractivity contribution in [2.75, 3.05) is 11.4 Å². The molecule has 2 heterocycles. The van der Waals surface area contributed by atoms with Crippen LogP contribution in [0, 0.1) is 0 Å². The molecule has 1 atom stereocenters. The number of carbonyl (C=O) groups excluding carboxylic acids is 1. The third-order valence-electron chi connectivity index (χ3n) is 2.40. The highest BCUT2D eigenvalue weighted by Crippen LogP contribution is 2.22. The second-order valence-corrected chi connectivity index (χ2v) is 4.15. The Morgan fingerprint density at radius 1 is 1.67 bits per heavy atom. The summed E-state index contributed by atoms with van der Waals surface area (Å²) in [6.45, 7) is 0.975. The fourth-order valence-electron chi connectivity index (χ4n) is 1.62. The monoisotopic (exact) mass is 225 g/mol. The minimum Gasteiger partial charge on any atom is -0.326 e. The van der Waals surface area contributed by atoms with Gasteiger partial charge in [-0.1, -0.05) is 0 Å². The van der Waals surface area contributed by atoms with E-state index in [2.05, 4.69) is 4.98 Å². The zero-order valence-corrected chi connectivity index (χ0v) is 8.94. The van der Waals surface area contributed by atoms with Crippen LogP contribution in [0.25, 0.3) is 0 Å². The maximum atomic E-state index is 11.6. The maximum absolute atomic E-state index is 11.6. The molecule has 1 aromatic heterocycles. The average molecular weight is 226 g/mol. The van der Waals surface area contributed by atoms with Gasteiger partial charge < -0.3 is 5.73 Å². The molecule has 2 N–H and O–H groups in total. The third-order valence-corrected chi connectivity index (χ3v) is 2.69. The fourth-order valence-corrected chi connectivity index (χ4v) is 1.89. The number of alkyl halides is 1. The van der Waals surface area contributed by atoms with Crippen LogP contribution in [0.15, 0.2) is 18.3 Å². The number of anilines is 1. The summed E-state index contributed by atoms with van der Waals surface area (Å²) in [6.07, 6.45) is 2.04. The van der Waals surface area contributed by atoms with Crippen molar-refractivity contribution in [1.82, 2.24) is 4.98 Å². The van der Waals surface area contributed by atoms with Gasteiger partial charge in [0.15, 0.2) is 0 Å². The number of nitrogens with two attached hydrogens (primary N) is 1. The van der Waals surface area contributed by atoms with Gasteiger partial charge in [0.25, 0.3) is 0 Å². The molecule has 1 unspecified atom stereocenters. The number of hydrogen-bond donors (Lipinski definition) is 1. The van der Waals surface area contributed by atoms with Crippen LogP contribution in [0.1, 0.15) is 12.0 Å². The van der Waals surface area contributed by atoms with E-state index in [1.807, 2.05) is 12.1 Å². The molecular weight excluding hydrogens is 214 g/mol. The van der Waals surface area contributed by atoms with Gasteiger partial charge in [-0.05, 0) is 17.7 Å². The zero-order valence-electron chi connectivity index (χ0n) is 8.19. The van der Waals surface area contributed by atoms with Crippen LogP contribution in [0.5, 0.6) is 0 Å². The smallest absolute Gasteiger partial charge is 0.229 e. The number of amides is 1. The summed E-state index contributed by atoms with van der Waals surface area (Å²) in [4.78, 5) is 17.3. The number of carbonyl (C=O) groups is 1. The minimum absolute atomic E-state index is 0.0247. The van der Waals surface area contributed by atoms with Crippen LogP contribution >= 0.6 is 11.6 Å². The van der Waals surface area contributed by atoms with Gasteiger partial charge in [-0.2, -0.15) is 0 Å². The summed E-state index contributed by atoms with van der Waals surface area (Å²) < 4.78 is 0. The molecule has 0 spiro atoms. The van der Waals surface area contributed by atoms with Crippen molar-refractivity contribution in [2.24, 2.45) is 5.73 Å². The Balaban J connectivity index is 2.25. The molecule has 1 aliphatic heterocycles. The van der Waals surface area contributed by atoms with E-state index in [0.717, 1.165) is 5.56 Å². The molecule has 2 rings (SSSR count). The third kappa shape index (κ3) is 2.11. The first-order chi connectivity index (χ1) is 7.20. The van der Waals surface area contributed by atoms with Crippen LogP contribution < -0.4 is 10.6 Å². The van der Waals surface area contributed by atoms with E-state index in [1.165, 1.54) is 0 Å². The number of pyridine rings is 1. The van der Waals surface area contributed by atoms with E-state index in [1.54, 1.807) is 11.1 Å². The largest absolute Gasteiger partial charge is 0.326 e. The molecule has 80 valence electrons. The number of nitrogens with zero attached hydrogens (tertiary/aromatic N) is 2. The molecule has 1 aromatic rings. The van der Waals surface area contributed by atoms with Gasteiger partial charge in [0, 0.05) is 25.7 Å². The van der Waals surface area contributed by atoms with Gasteiger partial charge >= 0.3 is 0 Å². The van der Waals surface area contributed by atoms with Gasteiger partial charge in [0.05, 0.1) is 5.38 Å². The van der Waals surface area contributed by atoms with Crippen LogP contribution in [0.4, 0.5) is 5.82 Å². The van der Waals surface area contributed by atoms with Crippen LogP contribution in [-0.2, 0) is 11.3 Å². The lowest BCUT2D eigenvalue weighted by atomic mass is 10.2. The Kier molecular flexibility index (Phi) is 2.88. The lowest BCUT2D eigenvalue weighted by Crippen LogP contribution is -2.25. The highest BCUT2D eigenvalue weighted by atomic mass is 35.5. The second-order valence-electron chi connectivity index (χ2n) is 3.53. The quantitative estimate of drug-likeness (QED) is 0.761. The Bertz CT molecular complexity index is 383. The molecule has 0 aliphatic carbocycles. The maximum Gasteiger partial charge on any atom is 0.229 e. The van der Waals surface area contributed by atoms with Crippen molar-refractivity contribution >= 4 is 23.3 Å². The van der Waals surface area contributed by atoms with Gasteiger partial charge in [0.2, 0.25) is 5.91 Å². The fraction of sp³-hybridized carbons (Fsp3) is 0.400. The Morgan fingerprint density at radius 2 is 2.47 bits per heavy atom. The average Bonchev–Trinajstić information content (AvgIpc) is 2.58. The lowest BCUT2D eigenvalue weighted by molar-refractivity contribution is -0.117. The molecule has 0 bridgehead atoms. The van der Waals surface area contributed by atoms with E-state index < -0.39 is 0 Å². The molecular formula is C10H12ClN3O. The molecule has 1 amide bonds. The standard InChI is InChI=1S/C10H12ClN3O/c11-8-4-10(15)14(6-8)9-3-7(5-12)1-2-13-9/h1-3,8H,4-6,12H2. The van der Waals surface area contributed by atoms with Crippen molar-refractivity contribution in [3.05, 3.63) is 23.9 Å². The van der Waals surface area contributed by atoms with E-state index in [9.17, 15) is 4.79 Å². The summed E-state index contributed by atoms with van der Waals surface area (Å²) in [6, 6.07) is 3.66. The Hall–Kier alpha value is -1.13. The van der Waals surface area contributed by atoms with E-state index in [-0.39, 0.29) is 11.3 Å². The molecule has 1 aliphatic rings. The predicted octanol–water partition coefficient (Wildman–Crippen LogP) is 0.884. The molecule has 15 heavy (non-hydrogen) atoms. The molecule has 0 aromatic carbocycles. The van der Waals surface area contributed by atoms with Crippen molar-refractivity contribution in [1.29, 1.82) is 0 Å². The van der Waals surface area contributed by atoms with E-state index in [0.29, 0.717) is 25.3 Å². The van der Waals surface area contributed by atoms with Gasteiger partial charge in [-0.15, -0.1) is 11.6 Å². The van der Waals surface area contributed by atoms with Gasteiger partial charge in [0.1, 0.15) is 5.82 Å². The summed E-state index contributed by atoms with van der Waals surface area (Å²) in [5.41, 5.74) is 6.49. The number of aromatic nitrogens is 1. The summed E-state index contributed by atoms with van der Waals surface area (Å²) in [7, 11) is 0. The molecule has 4 nitrogen and oxygen atoms in total. The Labute approximate surface area is 93.0 Å². The van der Waals surface area contributed by atoms with Crippen molar-refractivity contribution < 1.29 is 4.79 Å². The SMILES string of the molecule is NCc1ccnc(N2CC(Cl)CC2=O)c1. The molecule has 1 saturated heterocycles. The summed E-state index contributed by atoms with van der Waals surface area (Å²) in [5, 5.41) is -0.110. The van der Waals surface area contributed by atoms with Crippen LogP contribution in [0.2, 0.25) is 0 Å². The first-order valence-electron chi connectivity index (χ1n) is 4.80. The lowest BCUT2D eigenvalue weighted by Gasteiger charge is -2.14. The van der Waals surface area contributed by atoms with Crippen molar-refractivity contribution in [2.45, 2.75) is 18.3 Å². The van der Waals surface area contributed by atoms with Crippen molar-refractivity contribution in [3.8, 4) is 0 Å². The first-order valence-corrected chi connectivity index (χ1v) is 5.24. The van der Waals surface area contributed by atoms with E-state index in [4.69, 9.17) is 17.3 Å². The van der Waals surface area contributed by atoms with Gasteiger partial charge in [-0.3, -0.25) is 9.69 Å². The summed E-state index contributed by atoms with van der Waals surface area (Å²) in [5.74, 6) is 0.669. The predicted molar refractivity (Wildman–Crippen MR) is 58.7 cm³/mol.